The first-order valence-corrected chi connectivity index (χ1v) is 5.83. The van der Waals surface area contributed by atoms with E-state index in [2.05, 4.69) is 38.4 Å². The van der Waals surface area contributed by atoms with Crippen LogP contribution in [0.2, 0.25) is 0 Å². The number of rotatable bonds is 3. The molecule has 78 valence electrons. The van der Waals surface area contributed by atoms with Crippen molar-refractivity contribution in [1.82, 2.24) is 0 Å². The summed E-state index contributed by atoms with van der Waals surface area (Å²) in [6, 6.07) is 0. The van der Waals surface area contributed by atoms with E-state index in [4.69, 9.17) is 5.11 Å². The highest BCUT2D eigenvalue weighted by Crippen LogP contribution is 2.63. The van der Waals surface area contributed by atoms with E-state index in [0.29, 0.717) is 0 Å². The summed E-state index contributed by atoms with van der Waals surface area (Å²) in [4.78, 5) is 10.9. The number of aliphatic carboxylic acids is 1. The number of hydrogen-bond acceptors (Lipinski definition) is 1. The summed E-state index contributed by atoms with van der Waals surface area (Å²) < 4.78 is 1.73. The van der Waals surface area contributed by atoms with Crippen LogP contribution < -0.4 is 0 Å². The third-order valence-electron chi connectivity index (χ3n) is 2.77. The summed E-state index contributed by atoms with van der Waals surface area (Å²) in [6.45, 7) is 7.55. The molecular formula is C10H12Br2O2. The van der Waals surface area contributed by atoms with Crippen molar-refractivity contribution in [2.24, 2.45) is 17.3 Å². The van der Waals surface area contributed by atoms with Gasteiger partial charge in [0.15, 0.2) is 0 Å². The molecule has 2 atom stereocenters. The first-order valence-electron chi connectivity index (χ1n) is 4.24. The Labute approximate surface area is 100 Å². The van der Waals surface area contributed by atoms with Gasteiger partial charge in [0.2, 0.25) is 0 Å². The zero-order chi connectivity index (χ0) is 11.1. The smallest absolute Gasteiger partial charge is 0.307 e. The Morgan fingerprint density at radius 1 is 1.43 bits per heavy atom. The van der Waals surface area contributed by atoms with E-state index < -0.39 is 5.97 Å². The Hall–Kier alpha value is -0.0900. The predicted octanol–water partition coefficient (Wildman–Crippen LogP) is 3.53. The molecule has 0 amide bonds. The maximum Gasteiger partial charge on any atom is 0.307 e. The van der Waals surface area contributed by atoms with Gasteiger partial charge in [-0.05, 0) is 21.3 Å². The van der Waals surface area contributed by atoms with Crippen LogP contribution in [0.25, 0.3) is 0 Å². The highest BCUT2D eigenvalue weighted by molar-refractivity contribution is 9.14. The average molecular weight is 324 g/mol. The molecule has 1 fully saturated rings. The molecule has 1 saturated carbocycles. The molecule has 0 bridgehead atoms. The Balaban J connectivity index is 2.94. The maximum absolute atomic E-state index is 10.9. The summed E-state index contributed by atoms with van der Waals surface area (Å²) in [5, 5.41) is 8.98. The van der Waals surface area contributed by atoms with Crippen molar-refractivity contribution in [1.29, 1.82) is 0 Å². The van der Waals surface area contributed by atoms with Crippen molar-refractivity contribution in [3.8, 4) is 0 Å². The minimum absolute atomic E-state index is 0.0485. The van der Waals surface area contributed by atoms with Crippen molar-refractivity contribution < 1.29 is 9.90 Å². The SMILES string of the molecule is C=C/C(Br)=C(\Br)C1C(C(=O)O)C1(C)C. The average Bonchev–Trinajstić information content (AvgIpc) is 2.66. The van der Waals surface area contributed by atoms with E-state index in [1.54, 1.807) is 6.08 Å². The van der Waals surface area contributed by atoms with Gasteiger partial charge in [-0.15, -0.1) is 0 Å². The largest absolute Gasteiger partial charge is 0.481 e. The second kappa shape index (κ2) is 3.81. The van der Waals surface area contributed by atoms with Crippen LogP contribution in [0.15, 0.2) is 21.6 Å². The monoisotopic (exact) mass is 322 g/mol. The van der Waals surface area contributed by atoms with Crippen LogP contribution in [0.1, 0.15) is 13.8 Å². The van der Waals surface area contributed by atoms with Crippen LogP contribution in [-0.2, 0) is 4.79 Å². The van der Waals surface area contributed by atoms with E-state index in [1.807, 2.05) is 13.8 Å². The normalized spacial score (nSPS) is 30.6. The Bertz CT molecular complexity index is 318. The quantitative estimate of drug-likeness (QED) is 0.807. The molecule has 1 rings (SSSR count). The summed E-state index contributed by atoms with van der Waals surface area (Å²) >= 11 is 6.75. The number of halogens is 2. The van der Waals surface area contributed by atoms with E-state index in [0.717, 1.165) is 8.96 Å². The molecule has 0 saturated heterocycles. The summed E-state index contributed by atoms with van der Waals surface area (Å²) in [7, 11) is 0. The van der Waals surface area contributed by atoms with Gasteiger partial charge in [0, 0.05) is 14.9 Å². The van der Waals surface area contributed by atoms with Gasteiger partial charge in [-0.25, -0.2) is 0 Å². The summed E-state index contributed by atoms with van der Waals surface area (Å²) in [6.07, 6.45) is 1.66. The molecule has 0 aromatic carbocycles. The third-order valence-corrected chi connectivity index (χ3v) is 4.98. The first-order chi connectivity index (χ1) is 6.34. The first kappa shape index (κ1) is 12.0. The molecule has 0 radical (unpaired) electrons. The van der Waals surface area contributed by atoms with Crippen LogP contribution >= 0.6 is 31.9 Å². The van der Waals surface area contributed by atoms with Crippen molar-refractivity contribution in [3.05, 3.63) is 21.6 Å². The highest BCUT2D eigenvalue weighted by Gasteiger charge is 2.63. The van der Waals surface area contributed by atoms with Crippen LogP contribution in [0.4, 0.5) is 0 Å². The standard InChI is InChI=1S/C10H12Br2O2/c1-4-5(11)8(12)6-7(9(13)14)10(6,2)3/h4,6-7H,1H2,2-3H3,(H,13,14)/b8-5+. The van der Waals surface area contributed by atoms with Crippen molar-refractivity contribution in [3.63, 3.8) is 0 Å². The van der Waals surface area contributed by atoms with Crippen LogP contribution in [0, 0.1) is 17.3 Å². The van der Waals surface area contributed by atoms with Gasteiger partial charge in [0.05, 0.1) is 5.92 Å². The fraction of sp³-hybridized carbons (Fsp3) is 0.500. The number of allylic oxidation sites excluding steroid dienone is 3. The van der Waals surface area contributed by atoms with Gasteiger partial charge in [-0.2, -0.15) is 0 Å². The minimum Gasteiger partial charge on any atom is -0.481 e. The molecule has 1 aliphatic rings. The fourth-order valence-corrected chi connectivity index (χ4v) is 3.08. The van der Waals surface area contributed by atoms with Crippen molar-refractivity contribution in [2.45, 2.75) is 13.8 Å². The molecule has 1 N–H and O–H groups in total. The molecule has 0 spiro atoms. The third kappa shape index (κ3) is 1.82. The second-order valence-electron chi connectivity index (χ2n) is 4.01. The second-order valence-corrected chi connectivity index (χ2v) is 5.72. The fourth-order valence-electron chi connectivity index (χ4n) is 1.82. The minimum atomic E-state index is -0.735. The lowest BCUT2D eigenvalue weighted by atomic mass is 10.1. The summed E-state index contributed by atoms with van der Waals surface area (Å²) in [5.74, 6) is -0.988. The zero-order valence-corrected chi connectivity index (χ0v) is 11.2. The molecule has 0 aromatic rings. The van der Waals surface area contributed by atoms with E-state index >= 15 is 0 Å². The van der Waals surface area contributed by atoms with E-state index in [-0.39, 0.29) is 17.3 Å². The molecular weight excluding hydrogens is 312 g/mol. The summed E-state index contributed by atoms with van der Waals surface area (Å²) in [5.41, 5.74) is -0.174. The lowest BCUT2D eigenvalue weighted by Crippen LogP contribution is -2.03. The van der Waals surface area contributed by atoms with E-state index in [9.17, 15) is 4.79 Å². The molecule has 0 aromatic heterocycles. The maximum atomic E-state index is 10.9. The number of carbonyl (C=O) groups is 1. The Morgan fingerprint density at radius 2 is 1.93 bits per heavy atom. The molecule has 1 aliphatic carbocycles. The van der Waals surface area contributed by atoms with Gasteiger partial charge in [-0.3, -0.25) is 4.79 Å². The van der Waals surface area contributed by atoms with Gasteiger partial charge in [0.1, 0.15) is 0 Å². The molecule has 0 heterocycles. The number of hydrogen-bond donors (Lipinski definition) is 1. The lowest BCUT2D eigenvalue weighted by molar-refractivity contribution is -0.139. The van der Waals surface area contributed by atoms with Crippen LogP contribution in [0.5, 0.6) is 0 Å². The number of carboxylic acid groups (broad SMARTS) is 1. The van der Waals surface area contributed by atoms with Crippen molar-refractivity contribution in [2.75, 3.05) is 0 Å². The lowest BCUT2D eigenvalue weighted by Gasteiger charge is -2.01. The van der Waals surface area contributed by atoms with Crippen LogP contribution in [0.3, 0.4) is 0 Å². The number of carboxylic acids is 1. The topological polar surface area (TPSA) is 37.3 Å². The van der Waals surface area contributed by atoms with E-state index in [1.165, 1.54) is 0 Å². The van der Waals surface area contributed by atoms with Gasteiger partial charge >= 0.3 is 5.97 Å². The van der Waals surface area contributed by atoms with Crippen molar-refractivity contribution >= 4 is 37.8 Å². The molecule has 2 unspecified atom stereocenters. The van der Waals surface area contributed by atoms with Gasteiger partial charge < -0.3 is 5.11 Å². The zero-order valence-electron chi connectivity index (χ0n) is 8.05. The molecule has 4 heteroatoms. The highest BCUT2D eigenvalue weighted by atomic mass is 79.9. The Kier molecular flexibility index (Phi) is 3.26. The van der Waals surface area contributed by atoms with Gasteiger partial charge in [0.25, 0.3) is 0 Å². The molecule has 2 nitrogen and oxygen atoms in total. The molecule has 0 aliphatic heterocycles. The molecule has 14 heavy (non-hydrogen) atoms. The van der Waals surface area contributed by atoms with Crippen LogP contribution in [-0.4, -0.2) is 11.1 Å². The predicted molar refractivity (Wildman–Crippen MR) is 63.5 cm³/mol. The van der Waals surface area contributed by atoms with Gasteiger partial charge in [-0.1, -0.05) is 42.4 Å². The Morgan fingerprint density at radius 3 is 2.21 bits per heavy atom.